The Bertz CT molecular complexity index is 1030. The van der Waals surface area contributed by atoms with Crippen molar-refractivity contribution in [2.45, 2.75) is 23.4 Å². The maximum absolute atomic E-state index is 13.9. The van der Waals surface area contributed by atoms with Crippen LogP contribution in [0.25, 0.3) is 0 Å². The molecule has 0 bridgehead atoms. The van der Waals surface area contributed by atoms with Gasteiger partial charge in [0.2, 0.25) is 15.9 Å². The molecule has 1 aromatic heterocycles. The van der Waals surface area contributed by atoms with Gasteiger partial charge in [0, 0.05) is 32.4 Å². The average Bonchev–Trinajstić information content (AvgIpc) is 2.82. The largest absolute Gasteiger partial charge is 0.494 e. The smallest absolute Gasteiger partial charge is 0.244 e. The Hall–Kier alpha value is -2.21. The molecule has 8 nitrogen and oxygen atoms in total. The van der Waals surface area contributed by atoms with Gasteiger partial charge >= 0.3 is 0 Å². The lowest BCUT2D eigenvalue weighted by Gasteiger charge is -2.25. The lowest BCUT2D eigenvalue weighted by atomic mass is 10.2. The Morgan fingerprint density at radius 1 is 1.28 bits per heavy atom. The van der Waals surface area contributed by atoms with E-state index in [2.05, 4.69) is 4.98 Å². The third-order valence-electron chi connectivity index (χ3n) is 4.98. The number of morpholine rings is 1. The van der Waals surface area contributed by atoms with E-state index in [4.69, 9.17) is 9.47 Å². The molecule has 1 aliphatic heterocycles. The second-order valence-corrected chi connectivity index (χ2v) is 9.95. The first-order valence-electron chi connectivity index (χ1n) is 10.1. The van der Waals surface area contributed by atoms with Gasteiger partial charge in [-0.15, -0.1) is 0 Å². The number of hydrogen-bond donors (Lipinski definition) is 0. The number of rotatable bonds is 9. The van der Waals surface area contributed by atoms with Gasteiger partial charge in [0.05, 0.1) is 31.1 Å². The molecule has 0 aliphatic carbocycles. The number of ether oxygens (including phenoxy) is 2. The number of halogens is 1. The van der Waals surface area contributed by atoms with Gasteiger partial charge in [0.25, 0.3) is 0 Å². The molecule has 1 aromatic carbocycles. The highest BCUT2D eigenvalue weighted by molar-refractivity contribution is 7.99. The summed E-state index contributed by atoms with van der Waals surface area (Å²) in [6.45, 7) is 3.99. The van der Waals surface area contributed by atoms with Crippen molar-refractivity contribution in [2.75, 3.05) is 45.7 Å². The Morgan fingerprint density at radius 2 is 2.03 bits per heavy atom. The SMILES string of the molecule is CCN(Cc1ccc(OC)c(F)c1)C(=O)CSc1ccc(S(=O)(=O)N2CCOCC2)cn1. The summed E-state index contributed by atoms with van der Waals surface area (Å²) >= 11 is 1.22. The minimum atomic E-state index is -3.60. The minimum absolute atomic E-state index is 0.117. The quantitative estimate of drug-likeness (QED) is 0.506. The van der Waals surface area contributed by atoms with E-state index in [0.29, 0.717) is 43.4 Å². The van der Waals surface area contributed by atoms with E-state index < -0.39 is 15.8 Å². The fourth-order valence-corrected chi connectivity index (χ4v) is 5.27. The number of methoxy groups -OCH3 is 1. The van der Waals surface area contributed by atoms with Gasteiger partial charge in [-0.2, -0.15) is 4.31 Å². The van der Waals surface area contributed by atoms with Gasteiger partial charge in [-0.25, -0.2) is 17.8 Å². The molecule has 1 fully saturated rings. The number of sulfonamides is 1. The average molecular weight is 484 g/mol. The fourth-order valence-electron chi connectivity index (χ4n) is 3.17. The summed E-state index contributed by atoms with van der Waals surface area (Å²) in [4.78, 5) is 18.6. The summed E-state index contributed by atoms with van der Waals surface area (Å²) in [6, 6.07) is 7.72. The number of thioether (sulfide) groups is 1. The molecule has 2 aromatic rings. The molecule has 1 amide bonds. The lowest BCUT2D eigenvalue weighted by Crippen LogP contribution is -2.40. The van der Waals surface area contributed by atoms with Gasteiger partial charge in [-0.05, 0) is 36.8 Å². The van der Waals surface area contributed by atoms with Gasteiger partial charge in [-0.3, -0.25) is 4.79 Å². The number of aromatic nitrogens is 1. The van der Waals surface area contributed by atoms with Gasteiger partial charge in [0.15, 0.2) is 11.6 Å². The molecular formula is C21H26FN3O5S2. The van der Waals surface area contributed by atoms with E-state index in [1.807, 2.05) is 6.92 Å². The Morgan fingerprint density at radius 3 is 2.62 bits per heavy atom. The van der Waals surface area contributed by atoms with Crippen molar-refractivity contribution in [3.63, 3.8) is 0 Å². The molecule has 0 radical (unpaired) electrons. The van der Waals surface area contributed by atoms with Crippen molar-refractivity contribution < 1.29 is 27.1 Å². The summed E-state index contributed by atoms with van der Waals surface area (Å²) < 4.78 is 50.7. The second kappa shape index (κ2) is 11.1. The maximum Gasteiger partial charge on any atom is 0.244 e. The number of carbonyl (C=O) groups excluding carboxylic acids is 1. The molecule has 11 heteroatoms. The Labute approximate surface area is 191 Å². The summed E-state index contributed by atoms with van der Waals surface area (Å²) in [5, 5.41) is 0.547. The number of hydrogen-bond acceptors (Lipinski definition) is 7. The first-order valence-corrected chi connectivity index (χ1v) is 12.5. The number of benzene rings is 1. The van der Waals surface area contributed by atoms with Crippen LogP contribution in [0.15, 0.2) is 46.5 Å². The maximum atomic E-state index is 13.9. The summed E-state index contributed by atoms with van der Waals surface area (Å²) in [7, 11) is -2.21. The van der Waals surface area contributed by atoms with E-state index in [9.17, 15) is 17.6 Å². The highest BCUT2D eigenvalue weighted by Crippen LogP contribution is 2.22. The van der Waals surface area contributed by atoms with Gasteiger partial charge in [0.1, 0.15) is 4.90 Å². The Kier molecular flexibility index (Phi) is 8.46. The molecule has 32 heavy (non-hydrogen) atoms. The Balaban J connectivity index is 1.58. The van der Waals surface area contributed by atoms with Crippen molar-refractivity contribution in [3.05, 3.63) is 47.9 Å². The van der Waals surface area contributed by atoms with Crippen LogP contribution in [0.5, 0.6) is 5.75 Å². The van der Waals surface area contributed by atoms with Crippen molar-refractivity contribution in [2.24, 2.45) is 0 Å². The topological polar surface area (TPSA) is 89.0 Å². The molecule has 0 spiro atoms. The standard InChI is InChI=1S/C21H26FN3O5S2/c1-3-24(14-16-4-6-19(29-2)18(22)12-16)21(26)15-31-20-7-5-17(13-23-20)32(27,28)25-8-10-30-11-9-25/h4-7,12-13H,3,8-11,14-15H2,1-2H3. The van der Waals surface area contributed by atoms with Crippen molar-refractivity contribution in [3.8, 4) is 5.75 Å². The second-order valence-electron chi connectivity index (χ2n) is 7.01. The summed E-state index contributed by atoms with van der Waals surface area (Å²) in [5.74, 6) is -0.307. The number of pyridine rings is 1. The predicted molar refractivity (Wildman–Crippen MR) is 119 cm³/mol. The molecule has 0 saturated carbocycles. The van der Waals surface area contributed by atoms with Crippen LogP contribution in [0.1, 0.15) is 12.5 Å². The third kappa shape index (κ3) is 5.97. The molecule has 0 unspecified atom stereocenters. The van der Waals surface area contributed by atoms with E-state index >= 15 is 0 Å². The normalized spacial score (nSPS) is 14.8. The van der Waals surface area contributed by atoms with Crippen LogP contribution in [-0.4, -0.2) is 74.2 Å². The van der Waals surface area contributed by atoms with Crippen LogP contribution in [0.4, 0.5) is 4.39 Å². The highest BCUT2D eigenvalue weighted by Gasteiger charge is 2.26. The van der Waals surface area contributed by atoms with Crippen LogP contribution < -0.4 is 4.74 Å². The molecule has 2 heterocycles. The lowest BCUT2D eigenvalue weighted by molar-refractivity contribution is -0.128. The van der Waals surface area contributed by atoms with Crippen LogP contribution in [0.2, 0.25) is 0 Å². The zero-order chi connectivity index (χ0) is 23.1. The molecule has 3 rings (SSSR count). The summed E-state index contributed by atoms with van der Waals surface area (Å²) in [5.41, 5.74) is 0.666. The first kappa shape index (κ1) is 24.4. The van der Waals surface area contributed by atoms with Gasteiger partial charge in [-0.1, -0.05) is 17.8 Å². The molecule has 0 atom stereocenters. The summed E-state index contributed by atoms with van der Waals surface area (Å²) in [6.07, 6.45) is 1.31. The molecule has 0 N–H and O–H groups in total. The number of carbonyl (C=O) groups is 1. The first-order chi connectivity index (χ1) is 15.3. The van der Waals surface area contributed by atoms with E-state index in [1.54, 1.807) is 17.0 Å². The van der Waals surface area contributed by atoms with Crippen LogP contribution >= 0.6 is 11.8 Å². The molecule has 1 saturated heterocycles. The minimum Gasteiger partial charge on any atom is -0.494 e. The van der Waals surface area contributed by atoms with E-state index in [1.165, 1.54) is 47.6 Å². The van der Waals surface area contributed by atoms with E-state index in [-0.39, 0.29) is 28.8 Å². The molecular weight excluding hydrogens is 457 g/mol. The van der Waals surface area contributed by atoms with Crippen LogP contribution in [0, 0.1) is 5.82 Å². The third-order valence-corrected chi connectivity index (χ3v) is 7.80. The van der Waals surface area contributed by atoms with Crippen molar-refractivity contribution >= 4 is 27.7 Å². The zero-order valence-electron chi connectivity index (χ0n) is 18.0. The van der Waals surface area contributed by atoms with E-state index in [0.717, 1.165) is 0 Å². The molecule has 174 valence electrons. The van der Waals surface area contributed by atoms with Crippen molar-refractivity contribution in [1.82, 2.24) is 14.2 Å². The zero-order valence-corrected chi connectivity index (χ0v) is 19.6. The number of amides is 1. The molecule has 1 aliphatic rings. The van der Waals surface area contributed by atoms with Crippen LogP contribution in [0.3, 0.4) is 0 Å². The monoisotopic (exact) mass is 483 g/mol. The van der Waals surface area contributed by atoms with Gasteiger partial charge < -0.3 is 14.4 Å². The van der Waals surface area contributed by atoms with Crippen molar-refractivity contribution in [1.29, 1.82) is 0 Å². The number of nitrogens with zero attached hydrogens (tertiary/aromatic N) is 3. The highest BCUT2D eigenvalue weighted by atomic mass is 32.2. The fraction of sp³-hybridized carbons (Fsp3) is 0.429. The van der Waals surface area contributed by atoms with Crippen LogP contribution in [-0.2, 0) is 26.1 Å². The predicted octanol–water partition coefficient (Wildman–Crippen LogP) is 2.39.